The number of carboxylic acid groups (broad SMARTS) is 1. The minimum atomic E-state index is -0.832. The van der Waals surface area contributed by atoms with E-state index in [1.165, 1.54) is 0 Å². The Morgan fingerprint density at radius 3 is 2.53 bits per heavy atom. The fourth-order valence-corrected chi connectivity index (χ4v) is 1.93. The van der Waals surface area contributed by atoms with Crippen molar-refractivity contribution < 1.29 is 14.6 Å². The van der Waals surface area contributed by atoms with Crippen LogP contribution in [0.4, 0.5) is 0 Å². The summed E-state index contributed by atoms with van der Waals surface area (Å²) in [6.07, 6.45) is 0.462. The van der Waals surface area contributed by atoms with E-state index in [9.17, 15) is 4.79 Å². The number of carbonyl (C=O) groups is 1. The first-order chi connectivity index (χ1) is 8.75. The van der Waals surface area contributed by atoms with Gasteiger partial charge in [-0.05, 0) is 23.5 Å². The number of nitrogens with two attached hydrogens (primary N) is 1. The Balaban J connectivity index is 3.05. The van der Waals surface area contributed by atoms with Crippen molar-refractivity contribution >= 4 is 5.97 Å². The predicted octanol–water partition coefficient (Wildman–Crippen LogP) is 2.86. The fraction of sp³-hybridized carbons (Fsp3) is 0.533. The van der Waals surface area contributed by atoms with Crippen LogP contribution in [0.1, 0.15) is 50.8 Å². The molecule has 0 heterocycles. The Morgan fingerprint density at radius 1 is 1.42 bits per heavy atom. The molecule has 1 aromatic rings. The molecule has 0 bridgehead atoms. The van der Waals surface area contributed by atoms with Crippen molar-refractivity contribution in [3.8, 4) is 5.75 Å². The summed E-state index contributed by atoms with van der Waals surface area (Å²) in [6, 6.07) is 5.61. The number of hydrogen-bond donors (Lipinski definition) is 2. The molecule has 0 saturated heterocycles. The van der Waals surface area contributed by atoms with Gasteiger partial charge in [-0.15, -0.1) is 0 Å². The van der Waals surface area contributed by atoms with Gasteiger partial charge in [0, 0.05) is 18.0 Å². The third-order valence-corrected chi connectivity index (χ3v) is 3.16. The summed E-state index contributed by atoms with van der Waals surface area (Å²) in [5.74, 6) is -0.118. The number of ether oxygens (including phenoxy) is 1. The standard InChI is InChI=1S/C15H23NO3/c1-15(2,3)10-5-7-13(19-4)11(9-10)12(16)6-8-14(17)18/h5,7,9,12H,6,8,16H2,1-4H3,(H,17,18). The number of methoxy groups -OCH3 is 1. The molecule has 19 heavy (non-hydrogen) atoms. The molecule has 1 atom stereocenters. The molecule has 0 spiro atoms. The van der Waals surface area contributed by atoms with Crippen LogP contribution < -0.4 is 10.5 Å². The van der Waals surface area contributed by atoms with E-state index in [4.69, 9.17) is 15.6 Å². The van der Waals surface area contributed by atoms with E-state index in [0.29, 0.717) is 12.2 Å². The zero-order valence-corrected chi connectivity index (χ0v) is 12.1. The number of rotatable bonds is 5. The Hall–Kier alpha value is -1.55. The Labute approximate surface area is 114 Å². The van der Waals surface area contributed by atoms with Gasteiger partial charge in [-0.25, -0.2) is 0 Å². The maximum atomic E-state index is 10.6. The van der Waals surface area contributed by atoms with Crippen molar-refractivity contribution in [3.05, 3.63) is 29.3 Å². The summed E-state index contributed by atoms with van der Waals surface area (Å²) in [7, 11) is 1.60. The predicted molar refractivity (Wildman–Crippen MR) is 75.5 cm³/mol. The quantitative estimate of drug-likeness (QED) is 0.858. The molecule has 106 valence electrons. The average Bonchev–Trinajstić information content (AvgIpc) is 2.33. The monoisotopic (exact) mass is 265 g/mol. The van der Waals surface area contributed by atoms with Gasteiger partial charge in [0.25, 0.3) is 0 Å². The van der Waals surface area contributed by atoms with Crippen LogP contribution in [0.2, 0.25) is 0 Å². The van der Waals surface area contributed by atoms with Crippen LogP contribution in [0.15, 0.2) is 18.2 Å². The minimum Gasteiger partial charge on any atom is -0.496 e. The summed E-state index contributed by atoms with van der Waals surface area (Å²) in [5, 5.41) is 8.73. The minimum absolute atomic E-state index is 0.0214. The van der Waals surface area contributed by atoms with E-state index in [-0.39, 0.29) is 17.9 Å². The second-order valence-electron chi connectivity index (χ2n) is 5.75. The molecule has 1 aromatic carbocycles. The summed E-state index contributed by atoms with van der Waals surface area (Å²) in [4.78, 5) is 10.6. The van der Waals surface area contributed by atoms with Gasteiger partial charge >= 0.3 is 5.97 Å². The maximum absolute atomic E-state index is 10.6. The van der Waals surface area contributed by atoms with E-state index in [1.54, 1.807) is 7.11 Å². The highest BCUT2D eigenvalue weighted by Gasteiger charge is 2.19. The molecule has 0 radical (unpaired) electrons. The Kier molecular flexibility index (Phi) is 4.95. The first kappa shape index (κ1) is 15.5. The maximum Gasteiger partial charge on any atom is 0.303 e. The van der Waals surface area contributed by atoms with Crippen molar-refractivity contribution in [2.75, 3.05) is 7.11 Å². The molecule has 0 saturated carbocycles. The van der Waals surface area contributed by atoms with Gasteiger partial charge in [-0.1, -0.05) is 32.9 Å². The third-order valence-electron chi connectivity index (χ3n) is 3.16. The van der Waals surface area contributed by atoms with Gasteiger partial charge in [0.05, 0.1) is 7.11 Å². The summed E-state index contributed by atoms with van der Waals surface area (Å²) in [6.45, 7) is 6.38. The number of aliphatic carboxylic acids is 1. The topological polar surface area (TPSA) is 72.5 Å². The van der Waals surface area contributed by atoms with Crippen LogP contribution in [0, 0.1) is 0 Å². The van der Waals surface area contributed by atoms with E-state index in [0.717, 1.165) is 11.1 Å². The Morgan fingerprint density at radius 2 is 2.05 bits per heavy atom. The van der Waals surface area contributed by atoms with Crippen molar-refractivity contribution in [1.29, 1.82) is 0 Å². The first-order valence-electron chi connectivity index (χ1n) is 6.41. The van der Waals surface area contributed by atoms with Gasteiger partial charge < -0.3 is 15.6 Å². The zero-order valence-electron chi connectivity index (χ0n) is 12.1. The average molecular weight is 265 g/mol. The van der Waals surface area contributed by atoms with E-state index in [2.05, 4.69) is 20.8 Å². The largest absolute Gasteiger partial charge is 0.496 e. The molecule has 0 aliphatic rings. The summed E-state index contributed by atoms with van der Waals surface area (Å²) < 4.78 is 5.31. The van der Waals surface area contributed by atoms with E-state index >= 15 is 0 Å². The molecular formula is C15H23NO3. The lowest BCUT2D eigenvalue weighted by atomic mass is 9.85. The van der Waals surface area contributed by atoms with Crippen LogP contribution in [0.5, 0.6) is 5.75 Å². The molecule has 3 N–H and O–H groups in total. The second-order valence-corrected chi connectivity index (χ2v) is 5.75. The van der Waals surface area contributed by atoms with E-state index < -0.39 is 5.97 Å². The first-order valence-corrected chi connectivity index (χ1v) is 6.41. The van der Waals surface area contributed by atoms with Gasteiger partial charge in [0.15, 0.2) is 0 Å². The number of hydrogen-bond acceptors (Lipinski definition) is 3. The molecule has 0 aromatic heterocycles. The zero-order chi connectivity index (χ0) is 14.6. The lowest BCUT2D eigenvalue weighted by Gasteiger charge is -2.23. The molecule has 0 fully saturated rings. The number of benzene rings is 1. The second kappa shape index (κ2) is 6.06. The van der Waals surface area contributed by atoms with Crippen LogP contribution in [-0.2, 0) is 10.2 Å². The van der Waals surface area contributed by atoms with Gasteiger partial charge in [-0.2, -0.15) is 0 Å². The fourth-order valence-electron chi connectivity index (χ4n) is 1.93. The van der Waals surface area contributed by atoms with Crippen molar-refractivity contribution in [1.82, 2.24) is 0 Å². The van der Waals surface area contributed by atoms with Crippen LogP contribution >= 0.6 is 0 Å². The highest BCUT2D eigenvalue weighted by molar-refractivity contribution is 5.66. The smallest absolute Gasteiger partial charge is 0.303 e. The van der Waals surface area contributed by atoms with E-state index in [1.807, 2.05) is 18.2 Å². The lowest BCUT2D eigenvalue weighted by Crippen LogP contribution is -2.16. The third kappa shape index (κ3) is 4.24. The molecule has 1 rings (SSSR count). The van der Waals surface area contributed by atoms with Gasteiger partial charge in [0.1, 0.15) is 5.75 Å². The number of carboxylic acids is 1. The van der Waals surface area contributed by atoms with Gasteiger partial charge in [0.2, 0.25) is 0 Å². The molecule has 0 aliphatic carbocycles. The summed E-state index contributed by atoms with van der Waals surface area (Å²) >= 11 is 0. The van der Waals surface area contributed by atoms with Crippen LogP contribution in [0.3, 0.4) is 0 Å². The van der Waals surface area contributed by atoms with Crippen LogP contribution in [0.25, 0.3) is 0 Å². The Bertz CT molecular complexity index is 449. The SMILES string of the molecule is COc1ccc(C(C)(C)C)cc1C(N)CCC(=O)O. The lowest BCUT2D eigenvalue weighted by molar-refractivity contribution is -0.137. The van der Waals surface area contributed by atoms with Crippen molar-refractivity contribution in [3.63, 3.8) is 0 Å². The van der Waals surface area contributed by atoms with Crippen molar-refractivity contribution in [2.45, 2.75) is 45.1 Å². The molecular weight excluding hydrogens is 242 g/mol. The molecule has 4 nitrogen and oxygen atoms in total. The highest BCUT2D eigenvalue weighted by Crippen LogP contribution is 2.32. The molecule has 4 heteroatoms. The van der Waals surface area contributed by atoms with Crippen molar-refractivity contribution in [2.24, 2.45) is 5.73 Å². The molecule has 0 amide bonds. The highest BCUT2D eigenvalue weighted by atomic mass is 16.5. The van der Waals surface area contributed by atoms with Crippen LogP contribution in [-0.4, -0.2) is 18.2 Å². The summed E-state index contributed by atoms with van der Waals surface area (Å²) in [5.41, 5.74) is 8.14. The normalized spacial score (nSPS) is 13.1. The van der Waals surface area contributed by atoms with Gasteiger partial charge in [-0.3, -0.25) is 4.79 Å². The molecule has 0 aliphatic heterocycles. The molecule has 1 unspecified atom stereocenters.